The minimum absolute atomic E-state index is 0.0153. The lowest BCUT2D eigenvalue weighted by molar-refractivity contribution is -0.199. The van der Waals surface area contributed by atoms with Crippen molar-refractivity contribution in [2.75, 3.05) is 26.4 Å². The molecule has 13 nitrogen and oxygen atoms in total. The third-order valence-electron chi connectivity index (χ3n) is 9.39. The van der Waals surface area contributed by atoms with Gasteiger partial charge in [-0.25, -0.2) is 4.57 Å². The molecule has 1 rings (SSSR count). The van der Waals surface area contributed by atoms with Gasteiger partial charge in [0.1, 0.15) is 6.61 Å². The number of nitrogens with two attached hydrogens (primary N) is 1. The van der Waals surface area contributed by atoms with Crippen LogP contribution in [0, 0.1) is 5.92 Å². The average Bonchev–Trinajstić information content (AvgIpc) is 3.13. The van der Waals surface area contributed by atoms with Crippen LogP contribution in [-0.4, -0.2) is 89.2 Å². The van der Waals surface area contributed by atoms with Crippen LogP contribution in [0.15, 0.2) is 24.3 Å². The molecule has 1 aliphatic heterocycles. The second kappa shape index (κ2) is 32.4. The van der Waals surface area contributed by atoms with Gasteiger partial charge in [0, 0.05) is 31.7 Å². The van der Waals surface area contributed by atoms with Gasteiger partial charge in [-0.1, -0.05) is 128 Å². The number of rotatable bonds is 34. The van der Waals surface area contributed by atoms with Crippen molar-refractivity contribution < 1.29 is 57.6 Å². The van der Waals surface area contributed by atoms with Crippen LogP contribution < -0.4 is 5.73 Å². The maximum Gasteiger partial charge on any atom is 0.472 e. The van der Waals surface area contributed by atoms with Gasteiger partial charge in [0.25, 0.3) is 0 Å². The number of carbonyl (C=O) groups is 2. The van der Waals surface area contributed by atoms with Crippen LogP contribution in [0.2, 0.25) is 0 Å². The maximum absolute atomic E-state index is 12.6. The summed E-state index contributed by atoms with van der Waals surface area (Å²) in [7, 11) is -4.44. The van der Waals surface area contributed by atoms with Gasteiger partial charge in [0.05, 0.1) is 31.5 Å². The average molecular weight is 792 g/mol. The summed E-state index contributed by atoms with van der Waals surface area (Å²) < 4.78 is 38.3. The van der Waals surface area contributed by atoms with Crippen molar-refractivity contribution in [2.45, 2.75) is 186 Å². The summed E-state index contributed by atoms with van der Waals surface area (Å²) in [4.78, 5) is 35.0. The van der Waals surface area contributed by atoms with E-state index in [-0.39, 0.29) is 44.9 Å². The largest absolute Gasteiger partial charge is 0.472 e. The molecule has 2 unspecified atom stereocenters. The highest BCUT2D eigenvalue weighted by atomic mass is 31.2. The van der Waals surface area contributed by atoms with E-state index in [2.05, 4.69) is 13.8 Å². The van der Waals surface area contributed by atoms with Crippen LogP contribution in [0.1, 0.15) is 155 Å². The van der Waals surface area contributed by atoms with E-state index >= 15 is 0 Å². The molecule has 0 spiro atoms. The highest BCUT2D eigenvalue weighted by Gasteiger charge is 2.35. The molecule has 0 aromatic heterocycles. The lowest BCUT2D eigenvalue weighted by Gasteiger charge is -2.36. The first kappa shape index (κ1) is 50.3. The first-order chi connectivity index (χ1) is 26.0. The SMILES string of the molecule is CCCCCCCCCCCCCCC(=O)O[C@H](COC(=O)CCC/C=C\C[C@H]1[C@@H](O)CC(O)O[C@@H]1/C=C/[C@@H](O)CCCCC)COP(=O)(O)OCCN. The van der Waals surface area contributed by atoms with Gasteiger partial charge in [-0.15, -0.1) is 0 Å². The molecule has 1 fully saturated rings. The van der Waals surface area contributed by atoms with Crippen molar-refractivity contribution >= 4 is 19.8 Å². The van der Waals surface area contributed by atoms with E-state index in [0.717, 1.165) is 38.5 Å². The number of phosphoric ester groups is 1. The fraction of sp³-hybridized carbons (Fsp3) is 0.850. The molecule has 1 heterocycles. The Kier molecular flexibility index (Phi) is 30.2. The molecule has 0 amide bonds. The summed E-state index contributed by atoms with van der Waals surface area (Å²) in [6.07, 6.45) is 22.6. The van der Waals surface area contributed by atoms with Crippen LogP contribution in [0.3, 0.4) is 0 Å². The van der Waals surface area contributed by atoms with Gasteiger partial charge in [-0.3, -0.25) is 18.6 Å². The molecule has 0 aromatic rings. The van der Waals surface area contributed by atoms with E-state index in [9.17, 15) is 34.4 Å². The van der Waals surface area contributed by atoms with E-state index in [4.69, 9.17) is 29.0 Å². The van der Waals surface area contributed by atoms with Crippen molar-refractivity contribution in [2.24, 2.45) is 11.7 Å². The summed E-state index contributed by atoms with van der Waals surface area (Å²) >= 11 is 0. The zero-order valence-electron chi connectivity index (χ0n) is 33.2. The van der Waals surface area contributed by atoms with Crippen LogP contribution in [0.25, 0.3) is 0 Å². The Bertz CT molecular complexity index is 1060. The number of aliphatic hydroxyl groups is 3. The van der Waals surface area contributed by atoms with E-state index in [1.54, 1.807) is 12.2 Å². The second-order valence-electron chi connectivity index (χ2n) is 14.4. The molecule has 1 saturated heterocycles. The van der Waals surface area contributed by atoms with E-state index in [1.165, 1.54) is 51.4 Å². The highest BCUT2D eigenvalue weighted by Crippen LogP contribution is 2.43. The Labute approximate surface area is 325 Å². The lowest BCUT2D eigenvalue weighted by Crippen LogP contribution is -2.43. The minimum atomic E-state index is -4.44. The molecule has 7 atom stereocenters. The zero-order chi connectivity index (χ0) is 39.9. The molecule has 0 saturated carbocycles. The van der Waals surface area contributed by atoms with E-state index in [0.29, 0.717) is 32.1 Å². The predicted molar refractivity (Wildman–Crippen MR) is 209 cm³/mol. The van der Waals surface area contributed by atoms with Crippen LogP contribution in [0.5, 0.6) is 0 Å². The third-order valence-corrected chi connectivity index (χ3v) is 10.4. The molecular weight excluding hydrogens is 717 g/mol. The first-order valence-corrected chi connectivity index (χ1v) is 22.2. The quantitative estimate of drug-likeness (QED) is 0.0188. The molecule has 0 aliphatic carbocycles. The zero-order valence-corrected chi connectivity index (χ0v) is 34.1. The van der Waals surface area contributed by atoms with Gasteiger partial charge in [0.2, 0.25) is 0 Å². The molecule has 0 aromatic carbocycles. The Hall–Kier alpha value is -1.67. The monoisotopic (exact) mass is 791 g/mol. The van der Waals surface area contributed by atoms with Crippen molar-refractivity contribution in [3.63, 3.8) is 0 Å². The van der Waals surface area contributed by atoms with Crippen molar-refractivity contribution in [3.8, 4) is 0 Å². The lowest BCUT2D eigenvalue weighted by atomic mass is 9.87. The predicted octanol–water partition coefficient (Wildman–Crippen LogP) is 7.32. The Morgan fingerprint density at radius 3 is 2.09 bits per heavy atom. The number of phosphoric acid groups is 1. The number of unbranched alkanes of at least 4 members (excludes halogenated alkanes) is 14. The molecule has 6 N–H and O–H groups in total. The van der Waals surface area contributed by atoms with Gasteiger partial charge < -0.3 is 40.2 Å². The van der Waals surface area contributed by atoms with Gasteiger partial charge in [0.15, 0.2) is 12.4 Å². The number of allylic oxidation sites excluding steroid dienone is 2. The van der Waals surface area contributed by atoms with E-state index < -0.39 is 57.1 Å². The molecule has 54 heavy (non-hydrogen) atoms. The highest BCUT2D eigenvalue weighted by molar-refractivity contribution is 7.47. The normalized spacial score (nSPS) is 21.3. The Morgan fingerprint density at radius 2 is 1.44 bits per heavy atom. The number of aliphatic hydroxyl groups excluding tert-OH is 3. The third kappa shape index (κ3) is 27.0. The van der Waals surface area contributed by atoms with Crippen molar-refractivity contribution in [1.29, 1.82) is 0 Å². The number of hydrogen-bond acceptors (Lipinski definition) is 12. The smallest absolute Gasteiger partial charge is 0.462 e. The standard InChI is InChI=1S/C40H74NO12P/c1-3-5-7-8-9-10-11-12-13-14-15-21-25-39(45)52-34(32-51-54(47,48)50-29-28-41)31-49-38(44)24-20-17-16-19-23-35-36(43)30-40(46)53-37(35)27-26-33(42)22-18-6-4-2/h16,19,26-27,33-37,40,42-43,46H,3-15,17-18,20-25,28-32,41H2,1-2H3,(H,47,48)/b19-16-,27-26+/t33-,34+,35-,36-,37+,40?/m0/s1. The number of esters is 2. The topological polar surface area (TPSA) is 204 Å². The number of ether oxygens (including phenoxy) is 3. The first-order valence-electron chi connectivity index (χ1n) is 20.7. The fourth-order valence-corrected chi connectivity index (χ4v) is 6.97. The molecule has 316 valence electrons. The van der Waals surface area contributed by atoms with Gasteiger partial charge >= 0.3 is 19.8 Å². The molecule has 14 heteroatoms. The summed E-state index contributed by atoms with van der Waals surface area (Å²) in [5.41, 5.74) is 5.33. The summed E-state index contributed by atoms with van der Waals surface area (Å²) in [6.45, 7) is 3.30. The molecule has 0 bridgehead atoms. The summed E-state index contributed by atoms with van der Waals surface area (Å²) in [5, 5.41) is 30.9. The summed E-state index contributed by atoms with van der Waals surface area (Å²) in [6, 6.07) is 0. The minimum Gasteiger partial charge on any atom is -0.462 e. The second-order valence-corrected chi connectivity index (χ2v) is 15.8. The molecular formula is C40H74NO12P. The van der Waals surface area contributed by atoms with E-state index in [1.807, 2.05) is 12.2 Å². The van der Waals surface area contributed by atoms with Crippen molar-refractivity contribution in [3.05, 3.63) is 24.3 Å². The molecule has 0 radical (unpaired) electrons. The number of carbonyl (C=O) groups excluding carboxylic acids is 2. The van der Waals surface area contributed by atoms with Gasteiger partial charge in [-0.2, -0.15) is 0 Å². The Balaban J connectivity index is 2.47. The molecule has 1 aliphatic rings. The fourth-order valence-electron chi connectivity index (χ4n) is 6.20. The van der Waals surface area contributed by atoms with Crippen LogP contribution in [0.4, 0.5) is 0 Å². The van der Waals surface area contributed by atoms with Gasteiger partial charge in [-0.05, 0) is 32.1 Å². The van der Waals surface area contributed by atoms with Crippen molar-refractivity contribution in [1.82, 2.24) is 0 Å². The van der Waals surface area contributed by atoms with Crippen LogP contribution >= 0.6 is 7.82 Å². The Morgan fingerprint density at radius 1 is 0.833 bits per heavy atom. The number of hydrogen-bond donors (Lipinski definition) is 5. The maximum atomic E-state index is 12.6. The summed E-state index contributed by atoms with van der Waals surface area (Å²) in [5.74, 6) is -1.33. The van der Waals surface area contributed by atoms with Crippen LogP contribution in [-0.2, 0) is 37.4 Å².